The fourth-order valence-corrected chi connectivity index (χ4v) is 12.0. The van der Waals surface area contributed by atoms with Crippen LogP contribution in [0.3, 0.4) is 0 Å². The number of aliphatic hydroxyl groups excluding tert-OH is 5. The van der Waals surface area contributed by atoms with Crippen LogP contribution in [-0.2, 0) is 14.3 Å². The highest BCUT2D eigenvalue weighted by molar-refractivity contribution is 5.76. The lowest BCUT2D eigenvalue weighted by atomic mass is 9.99. The maximum absolute atomic E-state index is 13.1. The molecular weight excluding hydrogens is 1090 g/mol. The number of aliphatic hydroxyl groups is 5. The van der Waals surface area contributed by atoms with E-state index >= 15 is 0 Å². The number of ether oxygens (including phenoxy) is 2. The Morgan fingerprint density at radius 1 is 0.386 bits per heavy atom. The van der Waals surface area contributed by atoms with Gasteiger partial charge in [0, 0.05) is 6.42 Å². The molecule has 7 atom stereocenters. The summed E-state index contributed by atoms with van der Waals surface area (Å²) in [6, 6.07) is -0.831. The van der Waals surface area contributed by atoms with Gasteiger partial charge in [-0.3, -0.25) is 4.79 Å². The first-order valence-corrected chi connectivity index (χ1v) is 38.2. The van der Waals surface area contributed by atoms with Crippen LogP contribution in [-0.4, -0.2) is 87.5 Å². The molecule has 1 heterocycles. The minimum absolute atomic E-state index is 0.185. The van der Waals surface area contributed by atoms with Crippen LogP contribution >= 0.6 is 0 Å². The van der Waals surface area contributed by atoms with Crippen LogP contribution < -0.4 is 5.32 Å². The van der Waals surface area contributed by atoms with Gasteiger partial charge in [0.25, 0.3) is 0 Å². The summed E-state index contributed by atoms with van der Waals surface area (Å²) >= 11 is 0. The second-order valence-electron chi connectivity index (χ2n) is 26.4. The highest BCUT2D eigenvalue weighted by Gasteiger charge is 2.44. The predicted molar refractivity (Wildman–Crippen MR) is 378 cm³/mol. The number of hydrogen-bond acceptors (Lipinski definition) is 8. The highest BCUT2D eigenvalue weighted by atomic mass is 16.7. The first-order valence-electron chi connectivity index (χ1n) is 38.2. The van der Waals surface area contributed by atoms with Gasteiger partial charge in [-0.05, 0) is 83.5 Å². The van der Waals surface area contributed by atoms with E-state index in [9.17, 15) is 30.3 Å². The molecule has 6 N–H and O–H groups in total. The van der Waals surface area contributed by atoms with Gasteiger partial charge in [0.05, 0.1) is 25.4 Å². The van der Waals surface area contributed by atoms with E-state index in [1.54, 1.807) is 6.08 Å². The van der Waals surface area contributed by atoms with Crippen LogP contribution in [0.4, 0.5) is 0 Å². The average Bonchev–Trinajstić information content (AvgIpc) is 3.31. The van der Waals surface area contributed by atoms with E-state index in [1.165, 1.54) is 289 Å². The third-order valence-electron chi connectivity index (χ3n) is 18.0. The van der Waals surface area contributed by atoms with Gasteiger partial charge < -0.3 is 40.3 Å². The molecule has 0 radical (unpaired) electrons. The van der Waals surface area contributed by atoms with Crippen LogP contribution in [0.1, 0.15) is 367 Å². The summed E-state index contributed by atoms with van der Waals surface area (Å²) in [4.78, 5) is 13.1. The summed E-state index contributed by atoms with van der Waals surface area (Å²) in [5, 5.41) is 54.8. The molecule has 0 aliphatic carbocycles. The summed E-state index contributed by atoms with van der Waals surface area (Å²) in [5.41, 5.74) is 0. The summed E-state index contributed by atoms with van der Waals surface area (Å²) in [6.45, 7) is 3.79. The molecule has 9 nitrogen and oxygen atoms in total. The Hall–Kier alpha value is -2.37. The molecule has 1 aliphatic heterocycles. The first kappa shape index (κ1) is 83.6. The predicted octanol–water partition coefficient (Wildman–Crippen LogP) is 21.5. The Morgan fingerprint density at radius 3 is 1.03 bits per heavy atom. The number of hydrogen-bond donors (Lipinski definition) is 6. The van der Waals surface area contributed by atoms with Crippen molar-refractivity contribution in [3.8, 4) is 0 Å². The van der Waals surface area contributed by atoms with E-state index in [4.69, 9.17) is 9.47 Å². The van der Waals surface area contributed by atoms with Crippen LogP contribution in [0, 0.1) is 0 Å². The van der Waals surface area contributed by atoms with Gasteiger partial charge in [-0.15, -0.1) is 0 Å². The third kappa shape index (κ3) is 55.3. The molecule has 1 amide bonds. The second kappa shape index (κ2) is 67.5. The molecule has 1 saturated heterocycles. The molecule has 1 rings (SSSR count). The van der Waals surface area contributed by atoms with Crippen LogP contribution in [0.2, 0.25) is 0 Å². The topological polar surface area (TPSA) is 149 Å². The van der Waals surface area contributed by atoms with Crippen molar-refractivity contribution in [1.29, 1.82) is 0 Å². The van der Waals surface area contributed by atoms with Crippen molar-refractivity contribution < 1.29 is 39.8 Å². The Kier molecular flexibility index (Phi) is 64.2. The lowest BCUT2D eigenvalue weighted by molar-refractivity contribution is -0.302. The van der Waals surface area contributed by atoms with Gasteiger partial charge in [0.1, 0.15) is 24.4 Å². The van der Waals surface area contributed by atoms with Gasteiger partial charge in [0.15, 0.2) is 6.29 Å². The van der Waals surface area contributed by atoms with E-state index in [2.05, 4.69) is 79.9 Å². The highest BCUT2D eigenvalue weighted by Crippen LogP contribution is 2.23. The monoisotopic (exact) mass is 1240 g/mol. The Balaban J connectivity index is 2.07. The van der Waals surface area contributed by atoms with Crippen molar-refractivity contribution in [1.82, 2.24) is 5.32 Å². The van der Waals surface area contributed by atoms with Crippen molar-refractivity contribution >= 4 is 5.91 Å². The van der Waals surface area contributed by atoms with E-state index in [0.717, 1.165) is 57.8 Å². The lowest BCUT2D eigenvalue weighted by Crippen LogP contribution is -2.60. The fraction of sp³-hybridized carbons (Fsp3) is 0.835. The van der Waals surface area contributed by atoms with Gasteiger partial charge in [-0.2, -0.15) is 0 Å². The summed E-state index contributed by atoms with van der Waals surface area (Å²) in [7, 11) is 0. The number of rotatable bonds is 67. The molecule has 1 aliphatic rings. The second-order valence-corrected chi connectivity index (χ2v) is 26.4. The minimum atomic E-state index is -1.58. The zero-order chi connectivity index (χ0) is 63.5. The molecule has 9 heteroatoms. The number of carbonyl (C=O) groups excluding carboxylic acids is 1. The molecular formula is C79H145NO8. The van der Waals surface area contributed by atoms with Gasteiger partial charge >= 0.3 is 0 Å². The average molecular weight is 1240 g/mol. The van der Waals surface area contributed by atoms with Gasteiger partial charge in [-0.25, -0.2) is 0 Å². The van der Waals surface area contributed by atoms with E-state index < -0.39 is 49.5 Å². The van der Waals surface area contributed by atoms with Crippen LogP contribution in [0.25, 0.3) is 0 Å². The normalized spacial score (nSPS) is 18.3. The van der Waals surface area contributed by atoms with Crippen molar-refractivity contribution in [3.05, 3.63) is 72.9 Å². The molecule has 0 aromatic heterocycles. The van der Waals surface area contributed by atoms with Crippen LogP contribution in [0.15, 0.2) is 72.9 Å². The molecule has 7 unspecified atom stereocenters. The zero-order valence-corrected chi connectivity index (χ0v) is 57.7. The molecule has 0 bridgehead atoms. The van der Waals surface area contributed by atoms with Crippen molar-refractivity contribution in [2.75, 3.05) is 13.2 Å². The largest absolute Gasteiger partial charge is 0.394 e. The smallest absolute Gasteiger partial charge is 0.220 e. The molecule has 1 fully saturated rings. The number of allylic oxidation sites excluding steroid dienone is 11. The standard InChI is InChI=1S/C79H145NO8/c1-3-5-7-9-11-13-15-17-19-21-23-25-27-29-30-31-32-33-34-35-36-37-38-39-40-41-42-43-44-45-47-49-51-53-55-57-59-61-63-65-67-69-75(83)80-72(71-87-79-78(86)77(85)76(84)74(70-81)88-79)73(82)68-66-64-62-60-58-56-54-52-50-48-46-28-26-24-22-20-18-16-14-12-10-8-6-4-2/h15,17,21,23,27,29,50,52,58,60,66,68,72-74,76-79,81-82,84-86H,3-14,16,18-20,22,24-26,28,30-49,51,53-57,59,61-65,67,69-71H2,1-2H3,(H,80,83)/b17-15-,23-21-,29-27-,52-50+,60-58+,68-66+. The first-order chi connectivity index (χ1) is 43.3. The van der Waals surface area contributed by atoms with E-state index in [1.807, 2.05) is 6.08 Å². The van der Waals surface area contributed by atoms with E-state index in [-0.39, 0.29) is 12.5 Å². The summed E-state index contributed by atoms with van der Waals surface area (Å²) < 4.78 is 11.3. The number of unbranched alkanes of at least 4 members (excludes halogenated alkanes) is 47. The molecule has 0 spiro atoms. The SMILES string of the molecule is CCCCCCC/C=C\C/C=C\C/C=C\CCCCCCCCCCCCCCCCCCCCCCCCCCCCC(=O)NC(COC1OC(CO)C(O)C(O)C1O)C(O)/C=C/CC/C=C/CC/C=C/CCCCCCCCCCCCCCCC. The van der Waals surface area contributed by atoms with Crippen molar-refractivity contribution in [3.63, 3.8) is 0 Å². The van der Waals surface area contributed by atoms with Crippen molar-refractivity contribution in [2.24, 2.45) is 0 Å². The summed E-state index contributed by atoms with van der Waals surface area (Å²) in [6.07, 6.45) is 89.0. The molecule has 0 aromatic rings. The molecule has 514 valence electrons. The third-order valence-corrected chi connectivity index (χ3v) is 18.0. The quantitative estimate of drug-likeness (QED) is 0.0261. The number of carbonyl (C=O) groups is 1. The zero-order valence-electron chi connectivity index (χ0n) is 57.7. The van der Waals surface area contributed by atoms with Crippen molar-refractivity contribution in [2.45, 2.75) is 410 Å². The maximum Gasteiger partial charge on any atom is 0.220 e. The number of nitrogens with one attached hydrogen (secondary N) is 1. The van der Waals surface area contributed by atoms with Gasteiger partial charge in [-0.1, -0.05) is 350 Å². The fourth-order valence-electron chi connectivity index (χ4n) is 12.0. The molecule has 0 saturated carbocycles. The maximum atomic E-state index is 13.1. The molecule has 88 heavy (non-hydrogen) atoms. The minimum Gasteiger partial charge on any atom is -0.394 e. The number of amides is 1. The molecule has 0 aromatic carbocycles. The Bertz CT molecular complexity index is 1620. The van der Waals surface area contributed by atoms with Gasteiger partial charge in [0.2, 0.25) is 5.91 Å². The lowest BCUT2D eigenvalue weighted by Gasteiger charge is -2.40. The Morgan fingerprint density at radius 2 is 0.682 bits per heavy atom. The summed E-state index contributed by atoms with van der Waals surface area (Å²) in [5.74, 6) is -0.185. The van der Waals surface area contributed by atoms with E-state index in [0.29, 0.717) is 6.42 Å². The Labute approximate surface area is 544 Å². The van der Waals surface area contributed by atoms with Crippen LogP contribution in [0.5, 0.6) is 0 Å².